The van der Waals surface area contributed by atoms with E-state index in [-0.39, 0.29) is 0 Å². The maximum absolute atomic E-state index is 4.64. The summed E-state index contributed by atoms with van der Waals surface area (Å²) in [4.78, 5) is 8.66. The molecule has 1 saturated carbocycles. The third-order valence-corrected chi connectivity index (χ3v) is 3.75. The number of pyridine rings is 1. The minimum atomic E-state index is 0.750. The van der Waals surface area contributed by atoms with Gasteiger partial charge in [-0.05, 0) is 30.5 Å². The van der Waals surface area contributed by atoms with Crippen molar-refractivity contribution >= 4 is 11.3 Å². The van der Waals surface area contributed by atoms with Crippen LogP contribution in [0.15, 0.2) is 29.9 Å². The Labute approximate surface area is 105 Å². The normalized spacial score (nSPS) is 15.1. The maximum Gasteiger partial charge on any atom is 0.0972 e. The molecule has 1 N–H and O–H groups in total. The summed E-state index contributed by atoms with van der Waals surface area (Å²) in [5.74, 6) is 0. The molecule has 0 saturated heterocycles. The fourth-order valence-corrected chi connectivity index (χ4v) is 2.55. The zero-order valence-electron chi connectivity index (χ0n) is 9.60. The molecule has 1 aliphatic carbocycles. The van der Waals surface area contributed by atoms with Crippen molar-refractivity contribution < 1.29 is 0 Å². The lowest BCUT2D eigenvalue weighted by molar-refractivity contribution is 0.676. The molecule has 88 valence electrons. The lowest BCUT2D eigenvalue weighted by Crippen LogP contribution is -2.15. The van der Waals surface area contributed by atoms with Gasteiger partial charge in [-0.15, -0.1) is 11.3 Å². The average Bonchev–Trinajstić information content (AvgIpc) is 3.09. The van der Waals surface area contributed by atoms with E-state index >= 15 is 0 Å². The van der Waals surface area contributed by atoms with E-state index in [1.807, 2.05) is 24.5 Å². The standard InChI is InChI=1S/C13H15N3S/c1-2-11(1)15-8-12-9-17-13(16-12)7-10-3-5-14-6-4-10/h3-6,9,11,15H,1-2,7-8H2. The Hall–Kier alpha value is -1.26. The molecule has 0 atom stereocenters. The summed E-state index contributed by atoms with van der Waals surface area (Å²) in [5, 5.41) is 6.83. The van der Waals surface area contributed by atoms with Gasteiger partial charge >= 0.3 is 0 Å². The fourth-order valence-electron chi connectivity index (χ4n) is 1.72. The molecule has 2 aromatic rings. The number of hydrogen-bond acceptors (Lipinski definition) is 4. The molecule has 0 aromatic carbocycles. The maximum atomic E-state index is 4.64. The van der Waals surface area contributed by atoms with Crippen LogP contribution in [-0.2, 0) is 13.0 Å². The molecule has 3 rings (SSSR count). The molecule has 17 heavy (non-hydrogen) atoms. The summed E-state index contributed by atoms with van der Waals surface area (Å²) in [6.07, 6.45) is 7.23. The van der Waals surface area contributed by atoms with Gasteiger partial charge in [0.05, 0.1) is 10.7 Å². The topological polar surface area (TPSA) is 37.8 Å². The Kier molecular flexibility index (Phi) is 3.16. The number of nitrogens with zero attached hydrogens (tertiary/aromatic N) is 2. The summed E-state index contributed by atoms with van der Waals surface area (Å²) in [6, 6.07) is 4.84. The second kappa shape index (κ2) is 4.94. The highest BCUT2D eigenvalue weighted by atomic mass is 32.1. The minimum Gasteiger partial charge on any atom is -0.308 e. The molecular formula is C13H15N3S. The number of hydrogen-bond donors (Lipinski definition) is 1. The predicted octanol–water partition coefficient (Wildman–Crippen LogP) is 2.38. The first kappa shape index (κ1) is 10.9. The Balaban J connectivity index is 1.59. The lowest BCUT2D eigenvalue weighted by atomic mass is 10.2. The van der Waals surface area contributed by atoms with Crippen LogP contribution >= 0.6 is 11.3 Å². The Morgan fingerprint density at radius 2 is 2.12 bits per heavy atom. The van der Waals surface area contributed by atoms with Crippen molar-refractivity contribution in [1.29, 1.82) is 0 Å². The molecule has 3 nitrogen and oxygen atoms in total. The quantitative estimate of drug-likeness (QED) is 0.879. The van der Waals surface area contributed by atoms with Crippen LogP contribution in [0.1, 0.15) is 29.1 Å². The zero-order valence-corrected chi connectivity index (χ0v) is 10.4. The SMILES string of the molecule is c1cc(Cc2nc(CNC3CC3)cs2)ccn1. The van der Waals surface area contributed by atoms with Crippen LogP contribution in [0.2, 0.25) is 0 Å². The molecule has 0 aliphatic heterocycles. The molecule has 2 heterocycles. The van der Waals surface area contributed by atoms with Crippen molar-refractivity contribution in [2.24, 2.45) is 0 Å². The predicted molar refractivity (Wildman–Crippen MR) is 69.0 cm³/mol. The van der Waals surface area contributed by atoms with Gasteiger partial charge in [0.15, 0.2) is 0 Å². The minimum absolute atomic E-state index is 0.750. The molecular weight excluding hydrogens is 230 g/mol. The van der Waals surface area contributed by atoms with Crippen molar-refractivity contribution in [3.8, 4) is 0 Å². The summed E-state index contributed by atoms with van der Waals surface area (Å²) in [6.45, 7) is 0.914. The van der Waals surface area contributed by atoms with Crippen molar-refractivity contribution in [3.05, 3.63) is 46.2 Å². The third kappa shape index (κ3) is 3.11. The van der Waals surface area contributed by atoms with E-state index in [2.05, 4.69) is 20.7 Å². The van der Waals surface area contributed by atoms with Crippen LogP contribution in [0, 0.1) is 0 Å². The molecule has 0 radical (unpaired) electrons. The molecule has 2 aromatic heterocycles. The van der Waals surface area contributed by atoms with Gasteiger partial charge in [0, 0.05) is 36.8 Å². The van der Waals surface area contributed by atoms with Crippen molar-refractivity contribution in [3.63, 3.8) is 0 Å². The highest BCUT2D eigenvalue weighted by Crippen LogP contribution is 2.20. The van der Waals surface area contributed by atoms with E-state index in [0.717, 1.165) is 19.0 Å². The smallest absolute Gasteiger partial charge is 0.0972 e. The van der Waals surface area contributed by atoms with Gasteiger partial charge in [-0.2, -0.15) is 0 Å². The van der Waals surface area contributed by atoms with Gasteiger partial charge in [0.25, 0.3) is 0 Å². The van der Waals surface area contributed by atoms with Crippen LogP contribution in [0.4, 0.5) is 0 Å². The van der Waals surface area contributed by atoms with E-state index in [1.54, 1.807) is 11.3 Å². The van der Waals surface area contributed by atoms with Gasteiger partial charge in [0.2, 0.25) is 0 Å². The van der Waals surface area contributed by atoms with Crippen LogP contribution in [0.5, 0.6) is 0 Å². The van der Waals surface area contributed by atoms with Crippen LogP contribution in [0.3, 0.4) is 0 Å². The second-order valence-corrected chi connectivity index (χ2v) is 5.36. The summed E-state index contributed by atoms with van der Waals surface area (Å²) < 4.78 is 0. The van der Waals surface area contributed by atoms with Crippen molar-refractivity contribution in [1.82, 2.24) is 15.3 Å². The van der Waals surface area contributed by atoms with E-state index < -0.39 is 0 Å². The first-order valence-corrected chi connectivity index (χ1v) is 6.84. The third-order valence-electron chi connectivity index (χ3n) is 2.85. The van der Waals surface area contributed by atoms with Crippen LogP contribution < -0.4 is 5.32 Å². The zero-order chi connectivity index (χ0) is 11.5. The molecule has 0 bridgehead atoms. The van der Waals surface area contributed by atoms with E-state index in [1.165, 1.54) is 29.1 Å². The number of thiazole rings is 1. The fraction of sp³-hybridized carbons (Fsp3) is 0.385. The molecule has 0 amide bonds. The van der Waals surface area contributed by atoms with E-state index in [4.69, 9.17) is 0 Å². The first-order valence-electron chi connectivity index (χ1n) is 5.96. The molecule has 1 fully saturated rings. The van der Waals surface area contributed by atoms with Gasteiger partial charge < -0.3 is 5.32 Å². The van der Waals surface area contributed by atoms with Crippen LogP contribution in [-0.4, -0.2) is 16.0 Å². The van der Waals surface area contributed by atoms with Gasteiger partial charge in [-0.1, -0.05) is 0 Å². The number of rotatable bonds is 5. The molecule has 0 spiro atoms. The van der Waals surface area contributed by atoms with E-state index in [0.29, 0.717) is 0 Å². The number of nitrogens with one attached hydrogen (secondary N) is 1. The average molecular weight is 245 g/mol. The Bertz CT molecular complexity index is 476. The van der Waals surface area contributed by atoms with Crippen LogP contribution in [0.25, 0.3) is 0 Å². The first-order chi connectivity index (χ1) is 8.40. The largest absolute Gasteiger partial charge is 0.308 e. The Morgan fingerprint density at radius 3 is 2.88 bits per heavy atom. The summed E-state index contributed by atoms with van der Waals surface area (Å²) >= 11 is 1.74. The van der Waals surface area contributed by atoms with Crippen molar-refractivity contribution in [2.75, 3.05) is 0 Å². The Morgan fingerprint density at radius 1 is 1.29 bits per heavy atom. The summed E-state index contributed by atoms with van der Waals surface area (Å²) in [5.41, 5.74) is 2.45. The number of aromatic nitrogens is 2. The van der Waals surface area contributed by atoms with E-state index in [9.17, 15) is 0 Å². The molecule has 0 unspecified atom stereocenters. The van der Waals surface area contributed by atoms with Gasteiger partial charge in [-0.3, -0.25) is 4.98 Å². The monoisotopic (exact) mass is 245 g/mol. The molecule has 1 aliphatic rings. The van der Waals surface area contributed by atoms with Crippen molar-refractivity contribution in [2.45, 2.75) is 31.8 Å². The highest BCUT2D eigenvalue weighted by Gasteiger charge is 2.20. The lowest BCUT2D eigenvalue weighted by Gasteiger charge is -1.98. The van der Waals surface area contributed by atoms with Gasteiger partial charge in [0.1, 0.15) is 0 Å². The summed E-state index contributed by atoms with van der Waals surface area (Å²) in [7, 11) is 0. The second-order valence-electron chi connectivity index (χ2n) is 4.42. The van der Waals surface area contributed by atoms with Gasteiger partial charge in [-0.25, -0.2) is 4.98 Å². The highest BCUT2D eigenvalue weighted by molar-refractivity contribution is 7.09. The molecule has 4 heteroatoms.